The van der Waals surface area contributed by atoms with Crippen molar-refractivity contribution in [3.8, 4) is 11.4 Å². The Hall–Kier alpha value is -3.34. The number of rotatable bonds is 6. The maximum Gasteiger partial charge on any atom is 0.229 e. The van der Waals surface area contributed by atoms with Crippen LogP contribution < -0.4 is 15.4 Å². The number of piperidine rings is 1. The molecule has 2 atom stereocenters. The van der Waals surface area contributed by atoms with Crippen LogP contribution in [0.15, 0.2) is 24.4 Å². The first-order valence-electron chi connectivity index (χ1n) is 11.6. The molecule has 0 spiro atoms. The molecule has 0 bridgehead atoms. The summed E-state index contributed by atoms with van der Waals surface area (Å²) in [6, 6.07) is 6.16. The lowest BCUT2D eigenvalue weighted by molar-refractivity contribution is 0.0500. The zero-order valence-electron chi connectivity index (χ0n) is 19.9. The van der Waals surface area contributed by atoms with Gasteiger partial charge in [0.15, 0.2) is 17.5 Å². The van der Waals surface area contributed by atoms with Crippen LogP contribution in [-0.2, 0) is 0 Å². The maximum absolute atomic E-state index is 14.6. The number of ether oxygens (including phenoxy) is 1. The van der Waals surface area contributed by atoms with E-state index >= 15 is 0 Å². The number of benzene rings is 1. The first-order chi connectivity index (χ1) is 16.3. The van der Waals surface area contributed by atoms with Crippen molar-refractivity contribution < 1.29 is 9.13 Å². The molecule has 0 amide bonds. The Bertz CT molecular complexity index is 1180. The molecule has 5 rings (SSSR count). The van der Waals surface area contributed by atoms with Gasteiger partial charge in [0.05, 0.1) is 13.3 Å². The monoisotopic (exact) mass is 467 g/mol. The van der Waals surface area contributed by atoms with Crippen molar-refractivity contribution in [3.05, 3.63) is 36.0 Å². The number of aryl methyl sites for hydroxylation is 1. The summed E-state index contributed by atoms with van der Waals surface area (Å²) in [5.41, 5.74) is 1.44. The van der Waals surface area contributed by atoms with E-state index in [1.165, 1.54) is 19.0 Å². The van der Waals surface area contributed by atoms with E-state index in [-0.39, 0.29) is 17.4 Å². The molecule has 3 aromatic rings. The number of nitrogens with zero attached hydrogens (tertiary/aromatic N) is 7. The molecule has 2 aliphatic heterocycles. The van der Waals surface area contributed by atoms with Gasteiger partial charge in [-0.25, -0.2) is 9.37 Å². The highest BCUT2D eigenvalue weighted by molar-refractivity contribution is 5.62. The molecule has 2 saturated heterocycles. The average molecular weight is 468 g/mol. The van der Waals surface area contributed by atoms with Crippen LogP contribution in [0.25, 0.3) is 5.69 Å². The van der Waals surface area contributed by atoms with Gasteiger partial charge in [-0.1, -0.05) is 0 Å². The lowest BCUT2D eigenvalue weighted by atomic mass is 9.84. The molecule has 10 nitrogen and oxygen atoms in total. The van der Waals surface area contributed by atoms with E-state index in [1.54, 1.807) is 24.8 Å². The molecule has 2 N–H and O–H groups in total. The Labute approximate surface area is 197 Å². The minimum absolute atomic E-state index is 0.0789. The maximum atomic E-state index is 14.6. The summed E-state index contributed by atoms with van der Waals surface area (Å²) in [4.78, 5) is 11.2. The van der Waals surface area contributed by atoms with Crippen molar-refractivity contribution in [2.75, 3.05) is 24.3 Å². The molecule has 11 heteroatoms. The number of anilines is 3. The highest BCUT2D eigenvalue weighted by atomic mass is 19.1. The first-order valence-corrected chi connectivity index (χ1v) is 11.6. The second-order valence-corrected chi connectivity index (χ2v) is 9.62. The molecule has 2 fully saturated rings. The molecule has 2 unspecified atom stereocenters. The van der Waals surface area contributed by atoms with Gasteiger partial charge in [-0.05, 0) is 81.6 Å². The molecule has 0 radical (unpaired) electrons. The van der Waals surface area contributed by atoms with Gasteiger partial charge in [0, 0.05) is 23.3 Å². The summed E-state index contributed by atoms with van der Waals surface area (Å²) in [6.45, 7) is 7.50. The van der Waals surface area contributed by atoms with Crippen LogP contribution in [0.2, 0.25) is 0 Å². The van der Waals surface area contributed by atoms with E-state index in [2.05, 4.69) is 54.9 Å². The standard InChI is InChI=1S/C23H30FN9O/c1-14-29-30-31-33(14)19-11-15(7-8-20(19)34-4)27-22-25-13-18(24)21(28-22)26-16-10-17-6-5-9-32(17)23(2,3)12-16/h7-8,11,13,16-17H,5-6,9-10,12H2,1-4H3,(H2,25,26,27,28). The third kappa shape index (κ3) is 4.27. The fourth-order valence-electron chi connectivity index (χ4n) is 5.36. The van der Waals surface area contributed by atoms with Crippen molar-refractivity contribution in [1.82, 2.24) is 35.1 Å². The second-order valence-electron chi connectivity index (χ2n) is 9.62. The van der Waals surface area contributed by atoms with Crippen LogP contribution in [0.3, 0.4) is 0 Å². The number of halogens is 1. The predicted octanol–water partition coefficient (Wildman–Crippen LogP) is 3.47. The van der Waals surface area contributed by atoms with Gasteiger partial charge in [-0.3, -0.25) is 4.90 Å². The van der Waals surface area contributed by atoms with Gasteiger partial charge in [-0.15, -0.1) is 5.10 Å². The van der Waals surface area contributed by atoms with E-state index in [4.69, 9.17) is 4.74 Å². The predicted molar refractivity (Wildman–Crippen MR) is 126 cm³/mol. The third-order valence-corrected chi connectivity index (χ3v) is 6.83. The number of tetrazole rings is 1. The Morgan fingerprint density at radius 3 is 2.88 bits per heavy atom. The Morgan fingerprint density at radius 2 is 2.12 bits per heavy atom. The van der Waals surface area contributed by atoms with E-state index < -0.39 is 5.82 Å². The minimum Gasteiger partial charge on any atom is -0.494 e. The van der Waals surface area contributed by atoms with E-state index in [0.717, 1.165) is 19.4 Å². The van der Waals surface area contributed by atoms with Crippen LogP contribution in [0.4, 0.5) is 21.8 Å². The summed E-state index contributed by atoms with van der Waals surface area (Å²) in [5, 5.41) is 18.2. The molecule has 0 saturated carbocycles. The Balaban J connectivity index is 1.36. The number of aromatic nitrogens is 6. The lowest BCUT2D eigenvalue weighted by Crippen LogP contribution is -2.55. The fourth-order valence-corrected chi connectivity index (χ4v) is 5.36. The number of nitrogens with one attached hydrogen (secondary N) is 2. The van der Waals surface area contributed by atoms with Gasteiger partial charge < -0.3 is 15.4 Å². The van der Waals surface area contributed by atoms with Crippen molar-refractivity contribution in [1.29, 1.82) is 0 Å². The highest BCUT2D eigenvalue weighted by Crippen LogP contribution is 2.38. The van der Waals surface area contributed by atoms with Crippen LogP contribution in [-0.4, -0.2) is 66.4 Å². The van der Waals surface area contributed by atoms with Crippen LogP contribution >= 0.6 is 0 Å². The molecular formula is C23H30FN9O. The summed E-state index contributed by atoms with van der Waals surface area (Å²) < 4.78 is 21.7. The molecule has 1 aromatic carbocycles. The third-order valence-electron chi connectivity index (χ3n) is 6.83. The van der Waals surface area contributed by atoms with Gasteiger partial charge in [0.1, 0.15) is 11.4 Å². The minimum atomic E-state index is -0.461. The average Bonchev–Trinajstić information content (AvgIpc) is 3.45. The lowest BCUT2D eigenvalue weighted by Gasteiger charge is -2.47. The van der Waals surface area contributed by atoms with Crippen LogP contribution in [0, 0.1) is 12.7 Å². The Kier molecular flexibility index (Phi) is 5.80. The zero-order valence-corrected chi connectivity index (χ0v) is 19.9. The normalized spacial score (nSPS) is 21.8. The first kappa shape index (κ1) is 22.5. The van der Waals surface area contributed by atoms with E-state index in [0.29, 0.717) is 34.9 Å². The number of hydrogen-bond donors (Lipinski definition) is 2. The van der Waals surface area contributed by atoms with Crippen LogP contribution in [0.5, 0.6) is 5.75 Å². The van der Waals surface area contributed by atoms with Gasteiger partial charge in [0.25, 0.3) is 0 Å². The van der Waals surface area contributed by atoms with Gasteiger partial charge in [0.2, 0.25) is 5.95 Å². The summed E-state index contributed by atoms with van der Waals surface area (Å²) in [7, 11) is 1.59. The van der Waals surface area contributed by atoms with Crippen molar-refractivity contribution in [2.45, 2.75) is 64.1 Å². The molecule has 4 heterocycles. The zero-order chi connectivity index (χ0) is 23.9. The molecule has 34 heavy (non-hydrogen) atoms. The fraction of sp³-hybridized carbons (Fsp3) is 0.522. The molecule has 180 valence electrons. The number of hydrogen-bond acceptors (Lipinski definition) is 9. The van der Waals surface area contributed by atoms with Crippen molar-refractivity contribution in [2.24, 2.45) is 0 Å². The van der Waals surface area contributed by atoms with E-state index in [1.807, 2.05) is 12.1 Å². The Morgan fingerprint density at radius 1 is 1.26 bits per heavy atom. The quantitative estimate of drug-likeness (QED) is 0.564. The molecule has 2 aromatic heterocycles. The van der Waals surface area contributed by atoms with Gasteiger partial charge in [-0.2, -0.15) is 9.67 Å². The summed E-state index contributed by atoms with van der Waals surface area (Å²) in [5.74, 6) is 1.29. The number of methoxy groups -OCH3 is 1. The van der Waals surface area contributed by atoms with Crippen molar-refractivity contribution in [3.63, 3.8) is 0 Å². The summed E-state index contributed by atoms with van der Waals surface area (Å²) in [6.07, 6.45) is 5.54. The van der Waals surface area contributed by atoms with E-state index in [9.17, 15) is 4.39 Å². The highest BCUT2D eigenvalue weighted by Gasteiger charge is 2.43. The molecule has 2 aliphatic rings. The van der Waals surface area contributed by atoms with Crippen LogP contribution in [0.1, 0.15) is 45.4 Å². The largest absolute Gasteiger partial charge is 0.494 e. The summed E-state index contributed by atoms with van der Waals surface area (Å²) >= 11 is 0. The number of fused-ring (bicyclic) bond motifs is 1. The second kappa shape index (κ2) is 8.79. The van der Waals surface area contributed by atoms with Gasteiger partial charge >= 0.3 is 0 Å². The molecular weight excluding hydrogens is 437 g/mol. The SMILES string of the molecule is COc1ccc(Nc2ncc(F)c(NC3CC4CCCN4C(C)(C)C3)n2)cc1-n1nnnc1C. The molecule has 0 aliphatic carbocycles. The topological polar surface area (TPSA) is 106 Å². The van der Waals surface area contributed by atoms with Crippen molar-refractivity contribution >= 4 is 17.5 Å². The smallest absolute Gasteiger partial charge is 0.229 e.